The molecular weight excluding hydrogens is 110 g/mol. The molecule has 0 aliphatic carbocycles. The Morgan fingerprint density at radius 1 is 1.67 bits per heavy atom. The number of aromatic nitrogens is 1. The second-order valence-electron chi connectivity index (χ2n) is 1.90. The average molecular weight is 118 g/mol. The second kappa shape index (κ2) is 2.44. The molecular formula is C8H8N. The summed E-state index contributed by atoms with van der Waals surface area (Å²) in [7, 11) is 0. The standard InChI is InChI=1S/C8H8N/c1-3-8-4-5-9-6-7(8)2/h1,3-6H,2H3. The van der Waals surface area contributed by atoms with Crippen LogP contribution in [0.5, 0.6) is 0 Å². The smallest absolute Gasteiger partial charge is 0.0303 e. The van der Waals surface area contributed by atoms with Gasteiger partial charge in [-0.05, 0) is 24.1 Å². The van der Waals surface area contributed by atoms with Crippen LogP contribution >= 0.6 is 0 Å². The zero-order chi connectivity index (χ0) is 6.69. The van der Waals surface area contributed by atoms with Crippen LogP contribution in [0.4, 0.5) is 0 Å². The fourth-order valence-electron chi connectivity index (χ4n) is 0.671. The van der Waals surface area contributed by atoms with Gasteiger partial charge in [-0.1, -0.05) is 12.7 Å². The number of pyridine rings is 1. The van der Waals surface area contributed by atoms with E-state index in [0.717, 1.165) is 11.1 Å². The Labute approximate surface area is 55.1 Å². The summed E-state index contributed by atoms with van der Waals surface area (Å²) >= 11 is 0. The summed E-state index contributed by atoms with van der Waals surface area (Å²) in [6.45, 7) is 7.28. The first-order chi connectivity index (χ1) is 4.34. The topological polar surface area (TPSA) is 12.9 Å². The van der Waals surface area contributed by atoms with Gasteiger partial charge in [0.25, 0.3) is 0 Å². The Hall–Kier alpha value is -1.11. The molecule has 0 saturated carbocycles. The summed E-state index contributed by atoms with van der Waals surface area (Å²) in [5.74, 6) is 0. The van der Waals surface area contributed by atoms with Crippen LogP contribution in [0.15, 0.2) is 18.5 Å². The van der Waals surface area contributed by atoms with Crippen LogP contribution in [-0.4, -0.2) is 4.98 Å². The molecule has 1 aromatic rings. The molecule has 0 bridgehead atoms. The minimum Gasteiger partial charge on any atom is -0.264 e. The fraction of sp³-hybridized carbons (Fsp3) is 0.125. The first-order valence-corrected chi connectivity index (χ1v) is 2.80. The molecule has 1 aromatic heterocycles. The highest BCUT2D eigenvalue weighted by atomic mass is 14.6. The van der Waals surface area contributed by atoms with Crippen LogP contribution in [-0.2, 0) is 0 Å². The van der Waals surface area contributed by atoms with Gasteiger partial charge in [0.05, 0.1) is 0 Å². The van der Waals surface area contributed by atoms with Crippen LogP contribution in [0.25, 0.3) is 6.08 Å². The third-order valence-electron chi connectivity index (χ3n) is 1.24. The predicted molar refractivity (Wildman–Crippen MR) is 37.7 cm³/mol. The van der Waals surface area contributed by atoms with E-state index in [4.69, 9.17) is 6.58 Å². The van der Waals surface area contributed by atoms with Crippen molar-refractivity contribution < 1.29 is 0 Å². The van der Waals surface area contributed by atoms with E-state index in [9.17, 15) is 0 Å². The highest BCUT2D eigenvalue weighted by Crippen LogP contribution is 2.04. The number of rotatable bonds is 1. The summed E-state index contributed by atoms with van der Waals surface area (Å²) in [6.07, 6.45) is 5.10. The van der Waals surface area contributed by atoms with Crippen LogP contribution in [0.3, 0.4) is 0 Å². The molecule has 0 amide bonds. The van der Waals surface area contributed by atoms with Gasteiger partial charge in [-0.2, -0.15) is 0 Å². The van der Waals surface area contributed by atoms with Gasteiger partial charge >= 0.3 is 0 Å². The van der Waals surface area contributed by atoms with E-state index in [-0.39, 0.29) is 0 Å². The van der Waals surface area contributed by atoms with E-state index >= 15 is 0 Å². The molecule has 0 aliphatic rings. The van der Waals surface area contributed by atoms with Crippen molar-refractivity contribution in [2.75, 3.05) is 0 Å². The van der Waals surface area contributed by atoms with Gasteiger partial charge in [-0.25, -0.2) is 0 Å². The molecule has 0 spiro atoms. The molecule has 1 rings (SSSR count). The lowest BCUT2D eigenvalue weighted by Crippen LogP contribution is -1.79. The fourth-order valence-corrected chi connectivity index (χ4v) is 0.671. The Kier molecular flexibility index (Phi) is 1.63. The van der Waals surface area contributed by atoms with E-state index in [0.29, 0.717) is 0 Å². The molecule has 0 unspecified atom stereocenters. The summed E-state index contributed by atoms with van der Waals surface area (Å²) in [6, 6.07) is 1.88. The molecule has 1 heterocycles. The second-order valence-corrected chi connectivity index (χ2v) is 1.90. The lowest BCUT2D eigenvalue weighted by Gasteiger charge is -1.94. The van der Waals surface area contributed by atoms with Gasteiger partial charge in [0.15, 0.2) is 0 Å². The lowest BCUT2D eigenvalue weighted by atomic mass is 10.2. The van der Waals surface area contributed by atoms with E-state index in [1.165, 1.54) is 0 Å². The van der Waals surface area contributed by atoms with Gasteiger partial charge < -0.3 is 0 Å². The SMILES string of the molecule is [CH]=Cc1ccncc1C. The highest BCUT2D eigenvalue weighted by Gasteiger charge is 1.87. The van der Waals surface area contributed by atoms with Gasteiger partial charge in [0.2, 0.25) is 0 Å². The third-order valence-corrected chi connectivity index (χ3v) is 1.24. The van der Waals surface area contributed by atoms with E-state index in [1.54, 1.807) is 18.5 Å². The molecule has 1 radical (unpaired) electrons. The maximum Gasteiger partial charge on any atom is 0.0303 e. The summed E-state index contributed by atoms with van der Waals surface area (Å²) in [5, 5.41) is 0. The quantitative estimate of drug-likeness (QED) is 0.548. The Morgan fingerprint density at radius 3 is 2.89 bits per heavy atom. The van der Waals surface area contributed by atoms with Crippen LogP contribution in [0.1, 0.15) is 11.1 Å². The van der Waals surface area contributed by atoms with E-state index < -0.39 is 0 Å². The largest absolute Gasteiger partial charge is 0.264 e. The zero-order valence-electron chi connectivity index (χ0n) is 5.33. The number of hydrogen-bond donors (Lipinski definition) is 0. The summed E-state index contributed by atoms with van der Waals surface area (Å²) in [4.78, 5) is 3.92. The summed E-state index contributed by atoms with van der Waals surface area (Å²) < 4.78 is 0. The maximum atomic E-state index is 5.30. The minimum atomic E-state index is 1.05. The average Bonchev–Trinajstić information content (AvgIpc) is 1.89. The van der Waals surface area contributed by atoms with Crippen molar-refractivity contribution in [2.45, 2.75) is 6.92 Å². The van der Waals surface area contributed by atoms with Gasteiger partial charge in [0, 0.05) is 12.4 Å². The van der Waals surface area contributed by atoms with Crippen molar-refractivity contribution in [3.05, 3.63) is 36.2 Å². The minimum absolute atomic E-state index is 1.05. The monoisotopic (exact) mass is 118 g/mol. The summed E-state index contributed by atoms with van der Waals surface area (Å²) in [5.41, 5.74) is 2.16. The van der Waals surface area contributed by atoms with Crippen molar-refractivity contribution in [1.82, 2.24) is 4.98 Å². The normalized spacial score (nSPS) is 9.00. The predicted octanol–water partition coefficient (Wildman–Crippen LogP) is 1.84. The van der Waals surface area contributed by atoms with Crippen LogP contribution in [0, 0.1) is 13.5 Å². The van der Waals surface area contributed by atoms with Crippen molar-refractivity contribution in [2.24, 2.45) is 0 Å². The zero-order valence-corrected chi connectivity index (χ0v) is 5.33. The molecule has 0 fully saturated rings. The number of nitrogens with zero attached hydrogens (tertiary/aromatic N) is 1. The molecule has 0 atom stereocenters. The van der Waals surface area contributed by atoms with Crippen molar-refractivity contribution in [3.63, 3.8) is 0 Å². The number of aryl methyl sites for hydroxylation is 1. The molecule has 1 heteroatoms. The van der Waals surface area contributed by atoms with Gasteiger partial charge in [-0.15, -0.1) is 0 Å². The number of hydrogen-bond acceptors (Lipinski definition) is 1. The Balaban J connectivity index is 3.15. The van der Waals surface area contributed by atoms with Crippen molar-refractivity contribution >= 4 is 6.08 Å². The van der Waals surface area contributed by atoms with Crippen LogP contribution < -0.4 is 0 Å². The molecule has 9 heavy (non-hydrogen) atoms. The van der Waals surface area contributed by atoms with Gasteiger partial charge in [0.1, 0.15) is 0 Å². The lowest BCUT2D eigenvalue weighted by molar-refractivity contribution is 1.26. The molecule has 0 saturated heterocycles. The maximum absolute atomic E-state index is 5.30. The third kappa shape index (κ3) is 1.17. The van der Waals surface area contributed by atoms with Crippen LogP contribution in [0.2, 0.25) is 0 Å². The Morgan fingerprint density at radius 2 is 2.44 bits per heavy atom. The molecule has 45 valence electrons. The van der Waals surface area contributed by atoms with Crippen molar-refractivity contribution in [1.29, 1.82) is 0 Å². The van der Waals surface area contributed by atoms with E-state index in [1.807, 2.05) is 13.0 Å². The van der Waals surface area contributed by atoms with E-state index in [2.05, 4.69) is 4.98 Å². The Bertz CT molecular complexity index is 216. The molecule has 0 aromatic carbocycles. The first kappa shape index (κ1) is 6.02. The molecule has 0 aliphatic heterocycles. The van der Waals surface area contributed by atoms with Gasteiger partial charge in [-0.3, -0.25) is 4.98 Å². The highest BCUT2D eigenvalue weighted by molar-refractivity contribution is 5.48. The first-order valence-electron chi connectivity index (χ1n) is 2.80. The molecule has 0 N–H and O–H groups in total. The molecule has 1 nitrogen and oxygen atoms in total. The van der Waals surface area contributed by atoms with Crippen molar-refractivity contribution in [3.8, 4) is 0 Å².